The quantitative estimate of drug-likeness (QED) is 0.687. The average Bonchev–Trinajstić information content (AvgIpc) is 2.68. The molecule has 0 spiro atoms. The van der Waals surface area contributed by atoms with Crippen molar-refractivity contribution >= 4 is 29.3 Å². The van der Waals surface area contributed by atoms with Crippen molar-refractivity contribution in [2.24, 2.45) is 5.92 Å². The molecule has 2 amide bonds. The number of rotatable bonds is 6. The van der Waals surface area contributed by atoms with Gasteiger partial charge < -0.3 is 15.0 Å². The van der Waals surface area contributed by atoms with Crippen molar-refractivity contribution in [2.45, 2.75) is 49.6 Å². The first-order valence-electron chi connectivity index (χ1n) is 10.3. The van der Waals surface area contributed by atoms with Gasteiger partial charge in [0.1, 0.15) is 0 Å². The lowest BCUT2D eigenvalue weighted by Gasteiger charge is -2.39. The van der Waals surface area contributed by atoms with E-state index in [-0.39, 0.29) is 36.5 Å². The van der Waals surface area contributed by atoms with Crippen LogP contribution in [0.5, 0.6) is 0 Å². The summed E-state index contributed by atoms with van der Waals surface area (Å²) in [6.07, 6.45) is 1.52. The summed E-state index contributed by atoms with van der Waals surface area (Å²) in [5, 5.41) is 2.73. The minimum absolute atomic E-state index is 0.0232. The molecule has 0 aromatic heterocycles. The van der Waals surface area contributed by atoms with Gasteiger partial charge in [-0.15, -0.1) is 0 Å². The van der Waals surface area contributed by atoms with Gasteiger partial charge in [0.25, 0.3) is 5.76 Å². The lowest BCUT2D eigenvalue weighted by atomic mass is 9.94. The lowest BCUT2D eigenvalue weighted by Crippen LogP contribution is -2.51. The van der Waals surface area contributed by atoms with Gasteiger partial charge in [0.15, 0.2) is 0 Å². The molecule has 0 bridgehead atoms. The fourth-order valence-electron chi connectivity index (χ4n) is 4.12. The molecule has 1 aromatic carbocycles. The maximum atomic E-state index is 12.8. The zero-order chi connectivity index (χ0) is 21.7. The van der Waals surface area contributed by atoms with Crippen LogP contribution in [0.15, 0.2) is 29.2 Å². The molecule has 30 heavy (non-hydrogen) atoms. The molecule has 6 nitrogen and oxygen atoms in total. The number of thioether (sulfide) groups is 1. The van der Waals surface area contributed by atoms with Gasteiger partial charge in [0, 0.05) is 23.9 Å². The Hall–Kier alpha value is -1.71. The van der Waals surface area contributed by atoms with E-state index in [2.05, 4.69) is 5.32 Å². The Morgan fingerprint density at radius 2 is 1.80 bits per heavy atom. The van der Waals surface area contributed by atoms with Crippen LogP contribution in [0.2, 0.25) is 0 Å². The highest BCUT2D eigenvalue weighted by Crippen LogP contribution is 2.31. The molecule has 0 saturated carbocycles. The second-order valence-electron chi connectivity index (χ2n) is 7.97. The molecule has 1 aromatic rings. The normalized spacial score (nSPS) is 23.6. The molecule has 1 N–H and O–H groups in total. The van der Waals surface area contributed by atoms with Gasteiger partial charge in [-0.3, -0.25) is 14.5 Å². The van der Waals surface area contributed by atoms with Gasteiger partial charge in [0.05, 0.1) is 24.4 Å². The van der Waals surface area contributed by atoms with Crippen LogP contribution in [0, 0.1) is 5.92 Å². The fraction of sp³-hybridized carbons (Fsp3) is 0.619. The van der Waals surface area contributed by atoms with E-state index >= 15 is 0 Å². The Bertz CT molecular complexity index is 734. The molecular weight excluding hydrogens is 412 g/mol. The second kappa shape index (κ2) is 10.5. The van der Waals surface area contributed by atoms with Crippen LogP contribution in [-0.2, 0) is 14.3 Å². The summed E-state index contributed by atoms with van der Waals surface area (Å²) in [6, 6.07) is 6.56. The molecule has 0 unspecified atom stereocenters. The zero-order valence-electron chi connectivity index (χ0n) is 17.4. The first-order valence-corrected chi connectivity index (χ1v) is 11.2. The number of amides is 2. The van der Waals surface area contributed by atoms with E-state index < -0.39 is 5.76 Å². The number of ether oxygens (including phenoxy) is 1. The van der Waals surface area contributed by atoms with E-state index in [4.69, 9.17) is 4.74 Å². The van der Waals surface area contributed by atoms with E-state index in [9.17, 15) is 18.4 Å². The van der Waals surface area contributed by atoms with Crippen molar-refractivity contribution in [3.63, 3.8) is 0 Å². The first-order chi connectivity index (χ1) is 14.3. The molecule has 0 radical (unpaired) electrons. The molecule has 0 aliphatic carbocycles. The minimum atomic E-state index is -2.54. The van der Waals surface area contributed by atoms with E-state index in [1.54, 1.807) is 24.3 Å². The number of carbonyl (C=O) groups excluding carboxylic acids is 2. The number of piperidine rings is 1. The van der Waals surface area contributed by atoms with Crippen molar-refractivity contribution in [1.82, 2.24) is 9.80 Å². The van der Waals surface area contributed by atoms with Gasteiger partial charge in [-0.1, -0.05) is 23.9 Å². The maximum Gasteiger partial charge on any atom is 0.288 e. The number of likely N-dealkylation sites (tertiary alicyclic amines) is 1. The van der Waals surface area contributed by atoms with Gasteiger partial charge in [-0.25, -0.2) is 0 Å². The van der Waals surface area contributed by atoms with Crippen LogP contribution in [0.4, 0.5) is 14.5 Å². The van der Waals surface area contributed by atoms with Gasteiger partial charge in [-0.05, 0) is 51.9 Å². The van der Waals surface area contributed by atoms with Crippen LogP contribution < -0.4 is 5.32 Å². The van der Waals surface area contributed by atoms with E-state index in [0.717, 1.165) is 0 Å². The standard InChI is InChI=1S/C21H29F2N3O3S/c1-14-11-26(12-15(2)29-14)20(28)16-7-9-25(10-8-16)13-19(27)24-17-5-3-4-6-18(17)30-21(22)23/h3-6,14-16,21H,7-13H2,1-2H3,(H,24,27)/t14-,15+. The van der Waals surface area contributed by atoms with Crippen LogP contribution in [-0.4, -0.2) is 72.3 Å². The van der Waals surface area contributed by atoms with E-state index in [1.807, 2.05) is 23.6 Å². The summed E-state index contributed by atoms with van der Waals surface area (Å²) in [6.45, 7) is 6.72. The molecule has 2 fully saturated rings. The predicted molar refractivity (Wildman–Crippen MR) is 113 cm³/mol. The summed E-state index contributed by atoms with van der Waals surface area (Å²) in [5.41, 5.74) is 0.397. The summed E-state index contributed by atoms with van der Waals surface area (Å²) in [5.74, 6) is -2.63. The number of anilines is 1. The smallest absolute Gasteiger partial charge is 0.288 e. The Morgan fingerprint density at radius 1 is 1.17 bits per heavy atom. The summed E-state index contributed by atoms with van der Waals surface area (Å²) >= 11 is 0.418. The third kappa shape index (κ3) is 6.39. The van der Waals surface area contributed by atoms with Gasteiger partial charge in [-0.2, -0.15) is 8.78 Å². The number of morpholine rings is 1. The first kappa shape index (κ1) is 23.0. The summed E-state index contributed by atoms with van der Waals surface area (Å²) in [7, 11) is 0. The maximum absolute atomic E-state index is 12.8. The van der Waals surface area contributed by atoms with E-state index in [0.29, 0.717) is 61.4 Å². The van der Waals surface area contributed by atoms with E-state index in [1.165, 1.54) is 0 Å². The van der Waals surface area contributed by atoms with Crippen LogP contribution in [0.1, 0.15) is 26.7 Å². The highest BCUT2D eigenvalue weighted by atomic mass is 32.2. The lowest BCUT2D eigenvalue weighted by molar-refractivity contribution is -0.148. The Labute approximate surface area is 180 Å². The third-order valence-electron chi connectivity index (χ3n) is 5.41. The number of nitrogens with zero attached hydrogens (tertiary/aromatic N) is 2. The molecule has 2 aliphatic heterocycles. The van der Waals surface area contributed by atoms with Gasteiger partial charge in [0.2, 0.25) is 11.8 Å². The average molecular weight is 442 g/mol. The van der Waals surface area contributed by atoms with Crippen LogP contribution in [0.3, 0.4) is 0 Å². The summed E-state index contributed by atoms with van der Waals surface area (Å²) in [4.78, 5) is 29.5. The number of benzene rings is 1. The number of halogens is 2. The summed E-state index contributed by atoms with van der Waals surface area (Å²) < 4.78 is 31.1. The van der Waals surface area contributed by atoms with Crippen molar-refractivity contribution in [3.8, 4) is 0 Å². The fourth-order valence-corrected chi connectivity index (χ4v) is 4.71. The molecule has 2 atom stereocenters. The monoisotopic (exact) mass is 441 g/mol. The van der Waals surface area contributed by atoms with Crippen molar-refractivity contribution in [2.75, 3.05) is 38.0 Å². The number of alkyl halides is 2. The number of nitrogens with one attached hydrogen (secondary N) is 1. The highest BCUT2D eigenvalue weighted by molar-refractivity contribution is 7.99. The topological polar surface area (TPSA) is 61.9 Å². The van der Waals surface area contributed by atoms with Crippen molar-refractivity contribution < 1.29 is 23.1 Å². The Balaban J connectivity index is 1.47. The molecule has 2 saturated heterocycles. The van der Waals surface area contributed by atoms with Crippen molar-refractivity contribution in [3.05, 3.63) is 24.3 Å². The minimum Gasteiger partial charge on any atom is -0.372 e. The van der Waals surface area contributed by atoms with Crippen LogP contribution in [0.25, 0.3) is 0 Å². The molecule has 9 heteroatoms. The number of hydrogen-bond acceptors (Lipinski definition) is 5. The van der Waals surface area contributed by atoms with Crippen molar-refractivity contribution in [1.29, 1.82) is 0 Å². The Kier molecular flexibility index (Phi) is 8.07. The number of hydrogen-bond donors (Lipinski definition) is 1. The van der Waals surface area contributed by atoms with Crippen LogP contribution >= 0.6 is 11.8 Å². The Morgan fingerprint density at radius 3 is 2.43 bits per heavy atom. The SMILES string of the molecule is C[C@@H]1CN(C(=O)C2CCN(CC(=O)Nc3ccccc3SC(F)F)CC2)C[C@H](C)O1. The number of carbonyl (C=O) groups is 2. The molecular formula is C21H29F2N3O3S. The zero-order valence-corrected chi connectivity index (χ0v) is 18.2. The largest absolute Gasteiger partial charge is 0.372 e. The molecule has 2 heterocycles. The second-order valence-corrected chi connectivity index (χ2v) is 9.01. The number of para-hydroxylation sites is 1. The molecule has 166 valence electrons. The third-order valence-corrected chi connectivity index (χ3v) is 6.20. The molecule has 2 aliphatic rings. The highest BCUT2D eigenvalue weighted by Gasteiger charge is 2.33. The van der Waals surface area contributed by atoms with Gasteiger partial charge >= 0.3 is 0 Å². The predicted octanol–water partition coefficient (Wildman–Crippen LogP) is 3.29. The molecule has 3 rings (SSSR count).